The van der Waals surface area contributed by atoms with Crippen LogP contribution in [0.5, 0.6) is 0 Å². The quantitative estimate of drug-likeness (QED) is 0.551. The molecule has 2 aliphatic carbocycles. The SMILES string of the molecule is C1=COC2CC3CCCC3CC2=C1. The highest BCUT2D eigenvalue weighted by Crippen LogP contribution is 2.45. The molecule has 0 spiro atoms. The van der Waals surface area contributed by atoms with Gasteiger partial charge in [0.25, 0.3) is 0 Å². The van der Waals surface area contributed by atoms with E-state index in [0.29, 0.717) is 6.10 Å². The first kappa shape index (κ1) is 7.66. The summed E-state index contributed by atoms with van der Waals surface area (Å²) in [6.45, 7) is 0. The second-order valence-corrected chi connectivity index (χ2v) is 4.59. The Hall–Kier alpha value is -0.720. The summed E-state index contributed by atoms with van der Waals surface area (Å²) < 4.78 is 5.64. The largest absolute Gasteiger partial charge is 0.494 e. The Balaban J connectivity index is 1.83. The summed E-state index contributed by atoms with van der Waals surface area (Å²) in [5.74, 6) is 1.95. The maximum atomic E-state index is 5.64. The highest BCUT2D eigenvalue weighted by Gasteiger charge is 2.37. The van der Waals surface area contributed by atoms with E-state index < -0.39 is 0 Å². The van der Waals surface area contributed by atoms with Gasteiger partial charge in [-0.25, -0.2) is 0 Å². The molecule has 0 radical (unpaired) electrons. The maximum Gasteiger partial charge on any atom is 0.119 e. The molecular weight excluding hydrogens is 160 g/mol. The van der Waals surface area contributed by atoms with Gasteiger partial charge in [0, 0.05) is 0 Å². The summed E-state index contributed by atoms with van der Waals surface area (Å²) in [5, 5.41) is 0. The van der Waals surface area contributed by atoms with Crippen LogP contribution in [0.15, 0.2) is 24.0 Å². The van der Waals surface area contributed by atoms with Gasteiger partial charge in [0.05, 0.1) is 6.26 Å². The first-order valence-corrected chi connectivity index (χ1v) is 5.44. The van der Waals surface area contributed by atoms with Gasteiger partial charge in [0.1, 0.15) is 6.10 Å². The summed E-state index contributed by atoms with van der Waals surface area (Å²) in [5.41, 5.74) is 1.55. The second-order valence-electron chi connectivity index (χ2n) is 4.59. The molecule has 13 heavy (non-hydrogen) atoms. The number of rotatable bonds is 0. The fourth-order valence-corrected chi connectivity index (χ4v) is 3.17. The lowest BCUT2D eigenvalue weighted by Gasteiger charge is -2.34. The van der Waals surface area contributed by atoms with Crippen LogP contribution in [-0.2, 0) is 4.74 Å². The predicted octanol–water partition coefficient (Wildman–Crippen LogP) is 3.04. The molecule has 1 heterocycles. The second kappa shape index (κ2) is 2.90. The summed E-state index contributed by atoms with van der Waals surface area (Å²) in [6.07, 6.45) is 13.5. The van der Waals surface area contributed by atoms with Crippen molar-refractivity contribution in [1.29, 1.82) is 0 Å². The topological polar surface area (TPSA) is 9.23 Å². The van der Waals surface area contributed by atoms with Crippen LogP contribution in [0.1, 0.15) is 32.1 Å². The van der Waals surface area contributed by atoms with Crippen LogP contribution in [0.25, 0.3) is 0 Å². The van der Waals surface area contributed by atoms with Crippen molar-refractivity contribution >= 4 is 0 Å². The molecule has 3 unspecified atom stereocenters. The first-order valence-electron chi connectivity index (χ1n) is 5.44. The number of fused-ring (bicyclic) bond motifs is 2. The van der Waals surface area contributed by atoms with E-state index in [0.717, 1.165) is 11.8 Å². The third-order valence-electron chi connectivity index (χ3n) is 3.88. The molecule has 70 valence electrons. The monoisotopic (exact) mass is 176 g/mol. The molecular formula is C12H16O. The molecule has 0 N–H and O–H groups in total. The number of hydrogen-bond acceptors (Lipinski definition) is 1. The minimum absolute atomic E-state index is 0.435. The molecule has 1 aliphatic heterocycles. The van der Waals surface area contributed by atoms with Crippen molar-refractivity contribution in [2.24, 2.45) is 11.8 Å². The van der Waals surface area contributed by atoms with Crippen LogP contribution in [0.4, 0.5) is 0 Å². The van der Waals surface area contributed by atoms with Crippen LogP contribution >= 0.6 is 0 Å². The molecule has 0 aromatic rings. The average Bonchev–Trinajstić information content (AvgIpc) is 2.61. The Morgan fingerprint density at radius 2 is 2.15 bits per heavy atom. The van der Waals surface area contributed by atoms with Crippen molar-refractivity contribution in [1.82, 2.24) is 0 Å². The van der Waals surface area contributed by atoms with Crippen LogP contribution in [0, 0.1) is 11.8 Å². The Morgan fingerprint density at radius 3 is 3.15 bits per heavy atom. The molecule has 0 bridgehead atoms. The van der Waals surface area contributed by atoms with Crippen molar-refractivity contribution in [3.63, 3.8) is 0 Å². The van der Waals surface area contributed by atoms with Crippen LogP contribution in [-0.4, -0.2) is 6.10 Å². The molecule has 3 atom stereocenters. The fraction of sp³-hybridized carbons (Fsp3) is 0.667. The molecule has 3 rings (SSSR count). The predicted molar refractivity (Wildman–Crippen MR) is 52.2 cm³/mol. The number of hydrogen-bond donors (Lipinski definition) is 0. The van der Waals surface area contributed by atoms with Gasteiger partial charge in [-0.2, -0.15) is 0 Å². The zero-order valence-electron chi connectivity index (χ0n) is 7.91. The molecule has 2 fully saturated rings. The smallest absolute Gasteiger partial charge is 0.119 e. The Kier molecular flexibility index (Phi) is 1.71. The van der Waals surface area contributed by atoms with E-state index >= 15 is 0 Å². The molecule has 1 nitrogen and oxygen atoms in total. The number of ether oxygens (including phenoxy) is 1. The van der Waals surface area contributed by atoms with Gasteiger partial charge in [0.15, 0.2) is 0 Å². The summed E-state index contributed by atoms with van der Waals surface area (Å²) in [7, 11) is 0. The van der Waals surface area contributed by atoms with Gasteiger partial charge in [-0.05, 0) is 42.7 Å². The van der Waals surface area contributed by atoms with Crippen molar-refractivity contribution < 1.29 is 4.74 Å². The van der Waals surface area contributed by atoms with E-state index in [1.54, 1.807) is 5.57 Å². The van der Waals surface area contributed by atoms with E-state index in [4.69, 9.17) is 4.74 Å². The van der Waals surface area contributed by atoms with Crippen molar-refractivity contribution in [2.45, 2.75) is 38.2 Å². The van der Waals surface area contributed by atoms with Gasteiger partial charge in [-0.3, -0.25) is 0 Å². The summed E-state index contributed by atoms with van der Waals surface area (Å²) >= 11 is 0. The van der Waals surface area contributed by atoms with Crippen LogP contribution < -0.4 is 0 Å². The fourth-order valence-electron chi connectivity index (χ4n) is 3.17. The van der Waals surface area contributed by atoms with Crippen LogP contribution in [0.3, 0.4) is 0 Å². The summed E-state index contributed by atoms with van der Waals surface area (Å²) in [4.78, 5) is 0. The molecule has 2 saturated carbocycles. The Morgan fingerprint density at radius 1 is 1.23 bits per heavy atom. The Bertz CT molecular complexity index is 264. The average molecular weight is 176 g/mol. The normalized spacial score (nSPS) is 41.8. The zero-order valence-corrected chi connectivity index (χ0v) is 7.91. The zero-order chi connectivity index (χ0) is 8.67. The van der Waals surface area contributed by atoms with E-state index in [2.05, 4.69) is 6.08 Å². The molecule has 0 amide bonds. The van der Waals surface area contributed by atoms with Crippen LogP contribution in [0.2, 0.25) is 0 Å². The third-order valence-corrected chi connectivity index (χ3v) is 3.88. The van der Waals surface area contributed by atoms with Gasteiger partial charge in [0.2, 0.25) is 0 Å². The third kappa shape index (κ3) is 1.21. The van der Waals surface area contributed by atoms with Crippen molar-refractivity contribution in [3.05, 3.63) is 24.0 Å². The number of allylic oxidation sites excluding steroid dienone is 2. The molecule has 1 heteroatoms. The van der Waals surface area contributed by atoms with Gasteiger partial charge >= 0.3 is 0 Å². The van der Waals surface area contributed by atoms with Crippen molar-refractivity contribution in [3.8, 4) is 0 Å². The molecule has 3 aliphatic rings. The first-order chi connectivity index (χ1) is 6.43. The summed E-state index contributed by atoms with van der Waals surface area (Å²) in [6, 6.07) is 0. The standard InChI is InChI=1S/C12H16O/c1-3-9-7-11-5-2-6-13-12(11)8-10(9)4-1/h2,5-6,9-10,12H,1,3-4,7-8H2. The molecule has 0 aromatic heterocycles. The lowest BCUT2D eigenvalue weighted by atomic mass is 9.77. The minimum atomic E-state index is 0.435. The highest BCUT2D eigenvalue weighted by atomic mass is 16.5. The van der Waals surface area contributed by atoms with E-state index in [9.17, 15) is 0 Å². The molecule has 0 saturated heterocycles. The Labute approximate surface area is 79.5 Å². The van der Waals surface area contributed by atoms with E-state index in [1.807, 2.05) is 12.3 Å². The van der Waals surface area contributed by atoms with Gasteiger partial charge < -0.3 is 4.74 Å². The van der Waals surface area contributed by atoms with Crippen molar-refractivity contribution in [2.75, 3.05) is 0 Å². The highest BCUT2D eigenvalue weighted by molar-refractivity contribution is 5.22. The van der Waals surface area contributed by atoms with E-state index in [-0.39, 0.29) is 0 Å². The lowest BCUT2D eigenvalue weighted by molar-refractivity contribution is 0.105. The molecule has 0 aromatic carbocycles. The lowest BCUT2D eigenvalue weighted by Crippen LogP contribution is -2.28. The minimum Gasteiger partial charge on any atom is -0.494 e. The van der Waals surface area contributed by atoms with Gasteiger partial charge in [-0.15, -0.1) is 0 Å². The van der Waals surface area contributed by atoms with E-state index in [1.165, 1.54) is 32.1 Å². The maximum absolute atomic E-state index is 5.64. The van der Waals surface area contributed by atoms with Gasteiger partial charge in [-0.1, -0.05) is 18.9 Å².